The first-order valence-corrected chi connectivity index (χ1v) is 13.3. The number of piperidine rings is 1. The molecule has 2 atom stereocenters. The Hall–Kier alpha value is -2.45. The summed E-state index contributed by atoms with van der Waals surface area (Å²) in [5.74, 6) is 0.220. The number of fused-ring (bicyclic) bond motifs is 1. The van der Waals surface area contributed by atoms with Crippen molar-refractivity contribution >= 4 is 32.7 Å². The van der Waals surface area contributed by atoms with E-state index in [2.05, 4.69) is 20.6 Å². The number of aliphatic hydroxyl groups is 1. The molecule has 35 heavy (non-hydrogen) atoms. The molecule has 2 aromatic heterocycles. The van der Waals surface area contributed by atoms with Crippen LogP contribution in [0.2, 0.25) is 0 Å². The number of nitrogens with zero attached hydrogens (tertiary/aromatic N) is 4. The molecule has 2 aliphatic rings. The van der Waals surface area contributed by atoms with Gasteiger partial charge in [0.1, 0.15) is 17.9 Å². The van der Waals surface area contributed by atoms with Gasteiger partial charge in [-0.15, -0.1) is 0 Å². The maximum absolute atomic E-state index is 13.3. The molecule has 0 radical (unpaired) electrons. The van der Waals surface area contributed by atoms with Crippen LogP contribution in [0.5, 0.6) is 0 Å². The van der Waals surface area contributed by atoms with Crippen molar-refractivity contribution in [1.29, 1.82) is 0 Å². The largest absolute Gasteiger partial charge is 0.405 e. The minimum atomic E-state index is -4.51. The Kier molecular flexibility index (Phi) is 6.74. The predicted octanol–water partition coefficient (Wildman–Crippen LogP) is 2.08. The Morgan fingerprint density at radius 2 is 1.94 bits per heavy atom. The van der Waals surface area contributed by atoms with E-state index >= 15 is 0 Å². The Morgan fingerprint density at radius 1 is 1.26 bits per heavy atom. The third kappa shape index (κ3) is 5.70. The molecule has 3 heterocycles. The van der Waals surface area contributed by atoms with Crippen molar-refractivity contribution in [3.05, 3.63) is 22.6 Å². The van der Waals surface area contributed by atoms with Crippen molar-refractivity contribution in [2.75, 3.05) is 36.5 Å². The van der Waals surface area contributed by atoms with E-state index in [1.165, 1.54) is 27.4 Å². The molecule has 1 aliphatic heterocycles. The summed E-state index contributed by atoms with van der Waals surface area (Å²) < 4.78 is 64.5. The smallest absolute Gasteiger partial charge is 0.388 e. The van der Waals surface area contributed by atoms with Gasteiger partial charge in [-0.2, -0.15) is 18.2 Å². The molecule has 1 saturated heterocycles. The van der Waals surface area contributed by atoms with Crippen LogP contribution < -0.4 is 16.2 Å². The molecule has 3 N–H and O–H groups in total. The first kappa shape index (κ1) is 25.6. The molecule has 194 valence electrons. The molecule has 2 fully saturated rings. The van der Waals surface area contributed by atoms with Crippen molar-refractivity contribution < 1.29 is 26.7 Å². The molecule has 1 aliphatic carbocycles. The van der Waals surface area contributed by atoms with Gasteiger partial charge in [0.2, 0.25) is 16.0 Å². The van der Waals surface area contributed by atoms with Crippen LogP contribution in [0.15, 0.2) is 17.1 Å². The number of sulfonamides is 1. The van der Waals surface area contributed by atoms with Crippen LogP contribution in [-0.4, -0.2) is 76.1 Å². The fourth-order valence-corrected chi connectivity index (χ4v) is 5.73. The van der Waals surface area contributed by atoms with Crippen molar-refractivity contribution in [2.45, 2.75) is 62.9 Å². The highest BCUT2D eigenvalue weighted by Crippen LogP contribution is 2.39. The van der Waals surface area contributed by atoms with Gasteiger partial charge in [-0.3, -0.25) is 9.36 Å². The average Bonchev–Trinajstić information content (AvgIpc) is 3.10. The summed E-state index contributed by atoms with van der Waals surface area (Å²) in [6.45, 7) is 0.943. The van der Waals surface area contributed by atoms with Crippen LogP contribution in [0.3, 0.4) is 0 Å². The van der Waals surface area contributed by atoms with Gasteiger partial charge in [-0.05, 0) is 45.1 Å². The van der Waals surface area contributed by atoms with Crippen molar-refractivity contribution in [1.82, 2.24) is 18.8 Å². The number of hydrogen-bond donors (Lipinski definition) is 3. The zero-order chi connectivity index (χ0) is 25.6. The zero-order valence-corrected chi connectivity index (χ0v) is 20.3. The lowest BCUT2D eigenvalue weighted by Gasteiger charge is -2.31. The molecule has 0 aromatic carbocycles. The Morgan fingerprint density at radius 3 is 2.51 bits per heavy atom. The first-order chi connectivity index (χ1) is 16.2. The fraction of sp³-hybridized carbons (Fsp3) is 0.667. The molecule has 0 spiro atoms. The van der Waals surface area contributed by atoms with E-state index in [1.54, 1.807) is 6.92 Å². The monoisotopic (exact) mass is 518 g/mol. The maximum Gasteiger partial charge on any atom is 0.405 e. The lowest BCUT2D eigenvalue weighted by molar-refractivity contribution is -0.115. The molecule has 10 nitrogen and oxygen atoms in total. The molecule has 0 bridgehead atoms. The second-order valence-corrected chi connectivity index (χ2v) is 11.5. The number of hydrogen-bond acceptors (Lipinski definition) is 8. The molecule has 0 unspecified atom stereocenters. The Labute approximate surface area is 200 Å². The van der Waals surface area contributed by atoms with E-state index in [0.717, 1.165) is 0 Å². The second-order valence-electron chi connectivity index (χ2n) is 9.52. The standard InChI is InChI=1S/C21H29F3N6O4S/c1-20(32)7-3-4-16(20)30-17-13(10-15(18(30)31)26-12-21(22,23)24)11-25-19(28-17)27-14-5-8-29(9-6-14)35(2,33)34/h10-11,14,16,26,32H,3-9,12H2,1-2H3,(H,25,27,28)/t16-,20-/m1/s1. The lowest BCUT2D eigenvalue weighted by Crippen LogP contribution is -2.42. The van der Waals surface area contributed by atoms with E-state index in [0.29, 0.717) is 50.6 Å². The number of halogens is 3. The van der Waals surface area contributed by atoms with Crippen LogP contribution >= 0.6 is 0 Å². The van der Waals surface area contributed by atoms with Crippen molar-refractivity contribution in [2.24, 2.45) is 0 Å². The summed E-state index contributed by atoms with van der Waals surface area (Å²) in [5.41, 5.74) is -1.95. The minimum absolute atomic E-state index is 0.0899. The number of anilines is 2. The van der Waals surface area contributed by atoms with Crippen LogP contribution in [0, 0.1) is 0 Å². The normalized spacial score (nSPS) is 24.7. The highest BCUT2D eigenvalue weighted by atomic mass is 32.2. The molecular weight excluding hydrogens is 489 g/mol. The number of pyridine rings is 1. The van der Waals surface area contributed by atoms with Gasteiger partial charge < -0.3 is 15.7 Å². The SMILES string of the molecule is C[C@@]1(O)CCC[C@H]1n1c(=O)c(NCC(F)(F)F)cc2cnc(NC3CCN(S(C)(=O)=O)CC3)nc21. The van der Waals surface area contributed by atoms with Gasteiger partial charge >= 0.3 is 6.18 Å². The number of nitrogens with one attached hydrogen (secondary N) is 2. The van der Waals surface area contributed by atoms with E-state index in [4.69, 9.17) is 0 Å². The van der Waals surface area contributed by atoms with Gasteiger partial charge in [0, 0.05) is 30.7 Å². The van der Waals surface area contributed by atoms with Crippen LogP contribution in [0.25, 0.3) is 11.0 Å². The summed E-state index contributed by atoms with van der Waals surface area (Å²) >= 11 is 0. The minimum Gasteiger partial charge on any atom is -0.388 e. The van der Waals surface area contributed by atoms with Crippen molar-refractivity contribution in [3.8, 4) is 0 Å². The third-order valence-electron chi connectivity index (χ3n) is 6.70. The molecule has 2 aromatic rings. The van der Waals surface area contributed by atoms with E-state index < -0.39 is 39.9 Å². The average molecular weight is 519 g/mol. The first-order valence-electron chi connectivity index (χ1n) is 11.4. The Balaban J connectivity index is 1.68. The molecule has 0 amide bonds. The quantitative estimate of drug-likeness (QED) is 0.530. The molecule has 14 heteroatoms. The summed E-state index contributed by atoms with van der Waals surface area (Å²) in [6.07, 6.45) is 0.736. The second kappa shape index (κ2) is 9.21. The predicted molar refractivity (Wildman–Crippen MR) is 125 cm³/mol. The third-order valence-corrected chi connectivity index (χ3v) is 8.00. The fourth-order valence-electron chi connectivity index (χ4n) is 4.85. The number of rotatable bonds is 6. The van der Waals surface area contributed by atoms with Crippen LogP contribution in [-0.2, 0) is 10.0 Å². The van der Waals surface area contributed by atoms with Crippen LogP contribution in [0.4, 0.5) is 24.8 Å². The highest BCUT2D eigenvalue weighted by Gasteiger charge is 2.40. The summed E-state index contributed by atoms with van der Waals surface area (Å²) in [4.78, 5) is 22.1. The van der Waals surface area contributed by atoms with Gasteiger partial charge in [-0.25, -0.2) is 17.7 Å². The van der Waals surface area contributed by atoms with Crippen molar-refractivity contribution in [3.63, 3.8) is 0 Å². The summed E-state index contributed by atoms with van der Waals surface area (Å²) in [7, 11) is -3.26. The van der Waals surface area contributed by atoms with Crippen LogP contribution in [0.1, 0.15) is 45.1 Å². The van der Waals surface area contributed by atoms with E-state index in [9.17, 15) is 31.5 Å². The topological polar surface area (TPSA) is 129 Å². The summed E-state index contributed by atoms with van der Waals surface area (Å²) in [6, 6.07) is 0.539. The lowest BCUT2D eigenvalue weighted by atomic mass is 10.00. The number of alkyl halides is 3. The highest BCUT2D eigenvalue weighted by molar-refractivity contribution is 7.88. The maximum atomic E-state index is 13.3. The Bertz CT molecular complexity index is 1260. The number of aromatic nitrogens is 3. The molecule has 4 rings (SSSR count). The van der Waals surface area contributed by atoms with E-state index in [-0.39, 0.29) is 23.3 Å². The molecule has 1 saturated carbocycles. The van der Waals surface area contributed by atoms with Gasteiger partial charge in [0.05, 0.1) is 17.9 Å². The van der Waals surface area contributed by atoms with Gasteiger partial charge in [0.25, 0.3) is 5.56 Å². The van der Waals surface area contributed by atoms with Gasteiger partial charge in [-0.1, -0.05) is 0 Å². The summed E-state index contributed by atoms with van der Waals surface area (Å²) in [5, 5.41) is 16.6. The van der Waals surface area contributed by atoms with Gasteiger partial charge in [0.15, 0.2) is 0 Å². The van der Waals surface area contributed by atoms with E-state index in [1.807, 2.05) is 0 Å². The zero-order valence-electron chi connectivity index (χ0n) is 19.5. The molecular formula is C21H29F3N6O4S.